The van der Waals surface area contributed by atoms with Gasteiger partial charge in [-0.2, -0.15) is 0 Å². The van der Waals surface area contributed by atoms with Crippen LogP contribution in [0.5, 0.6) is 0 Å². The lowest BCUT2D eigenvalue weighted by atomic mass is 10.1. The Balaban J connectivity index is 1.64. The molecule has 4 nitrogen and oxygen atoms in total. The first kappa shape index (κ1) is 17.8. The zero-order valence-electron chi connectivity index (χ0n) is 13.6. The van der Waals surface area contributed by atoms with Crippen molar-refractivity contribution in [3.05, 3.63) is 65.5 Å². The number of anilines is 1. The second-order valence-corrected chi connectivity index (χ2v) is 5.56. The number of hydrogen-bond acceptors (Lipinski definition) is 3. The van der Waals surface area contributed by atoms with Gasteiger partial charge < -0.3 is 10.6 Å². The molecule has 2 N–H and O–H groups in total. The van der Waals surface area contributed by atoms with Gasteiger partial charge in [-0.05, 0) is 61.9 Å². The van der Waals surface area contributed by atoms with Crippen molar-refractivity contribution in [2.75, 3.05) is 18.4 Å². The molecule has 0 aliphatic carbocycles. The van der Waals surface area contributed by atoms with Crippen molar-refractivity contribution in [3.63, 3.8) is 0 Å². The van der Waals surface area contributed by atoms with Crippen LogP contribution in [0.2, 0.25) is 0 Å². The topological polar surface area (TPSA) is 58.2 Å². The summed E-state index contributed by atoms with van der Waals surface area (Å²) in [6.07, 6.45) is 1.15. The first-order valence-corrected chi connectivity index (χ1v) is 7.90. The zero-order valence-corrected chi connectivity index (χ0v) is 13.6. The van der Waals surface area contributed by atoms with Gasteiger partial charge in [-0.1, -0.05) is 12.1 Å². The third-order valence-corrected chi connectivity index (χ3v) is 3.61. The summed E-state index contributed by atoms with van der Waals surface area (Å²) in [5.74, 6) is -0.321. The van der Waals surface area contributed by atoms with Gasteiger partial charge in [0.1, 0.15) is 5.82 Å². The second kappa shape index (κ2) is 8.93. The van der Waals surface area contributed by atoms with Crippen LogP contribution >= 0.6 is 0 Å². The average molecular weight is 328 g/mol. The normalized spacial score (nSPS) is 10.4. The van der Waals surface area contributed by atoms with Crippen molar-refractivity contribution in [1.29, 1.82) is 0 Å². The number of benzene rings is 2. The van der Waals surface area contributed by atoms with Crippen molar-refractivity contribution >= 4 is 17.4 Å². The van der Waals surface area contributed by atoms with E-state index >= 15 is 0 Å². The molecule has 0 heterocycles. The van der Waals surface area contributed by atoms with E-state index in [0.717, 1.165) is 18.5 Å². The Hall–Kier alpha value is -2.53. The molecule has 0 unspecified atom stereocenters. The Kier molecular flexibility index (Phi) is 6.63. The number of amides is 1. The molecule has 0 atom stereocenters. The van der Waals surface area contributed by atoms with Crippen LogP contribution in [0, 0.1) is 5.82 Å². The smallest absolute Gasteiger partial charge is 0.225 e. The molecule has 0 spiro atoms. The molecule has 0 aliphatic heterocycles. The molecule has 0 aromatic heterocycles. The minimum Gasteiger partial charge on any atom is -0.326 e. The first-order chi connectivity index (χ1) is 11.5. The number of halogens is 1. The predicted octanol–water partition coefficient (Wildman–Crippen LogP) is 3.19. The number of nitrogens with one attached hydrogen (secondary N) is 2. The summed E-state index contributed by atoms with van der Waals surface area (Å²) < 4.78 is 12.8. The molecule has 0 aliphatic rings. The van der Waals surface area contributed by atoms with E-state index in [-0.39, 0.29) is 17.5 Å². The van der Waals surface area contributed by atoms with E-state index in [1.54, 1.807) is 36.4 Å². The highest BCUT2D eigenvalue weighted by molar-refractivity contribution is 5.95. The van der Waals surface area contributed by atoms with Crippen molar-refractivity contribution in [1.82, 2.24) is 5.32 Å². The van der Waals surface area contributed by atoms with Crippen LogP contribution in [0.15, 0.2) is 48.5 Å². The Labute approximate surface area is 141 Å². The summed E-state index contributed by atoms with van der Waals surface area (Å²) >= 11 is 0. The highest BCUT2D eigenvalue weighted by Gasteiger charge is 2.03. The summed E-state index contributed by atoms with van der Waals surface area (Å²) in [6.45, 7) is 2.80. The number of rotatable bonds is 8. The number of hydrogen-bond donors (Lipinski definition) is 2. The van der Waals surface area contributed by atoms with Crippen molar-refractivity contribution in [2.24, 2.45) is 0 Å². The maximum absolute atomic E-state index is 12.8. The van der Waals surface area contributed by atoms with Crippen LogP contribution in [0.25, 0.3) is 0 Å². The molecule has 0 radical (unpaired) electrons. The van der Waals surface area contributed by atoms with E-state index in [0.29, 0.717) is 24.2 Å². The monoisotopic (exact) mass is 328 g/mol. The lowest BCUT2D eigenvalue weighted by Gasteiger charge is -2.07. The number of carbonyl (C=O) groups is 2. The van der Waals surface area contributed by atoms with Gasteiger partial charge in [-0.25, -0.2) is 4.39 Å². The predicted molar refractivity (Wildman–Crippen MR) is 92.7 cm³/mol. The van der Waals surface area contributed by atoms with Crippen molar-refractivity contribution < 1.29 is 14.0 Å². The molecule has 0 saturated heterocycles. The summed E-state index contributed by atoms with van der Waals surface area (Å²) in [5, 5.41) is 5.98. The fourth-order valence-corrected chi connectivity index (χ4v) is 2.22. The van der Waals surface area contributed by atoms with Crippen LogP contribution in [0.3, 0.4) is 0 Å². The van der Waals surface area contributed by atoms with E-state index in [9.17, 15) is 14.0 Å². The first-order valence-electron chi connectivity index (χ1n) is 7.90. The summed E-state index contributed by atoms with van der Waals surface area (Å²) in [5.41, 5.74) is 2.35. The molecule has 0 bridgehead atoms. The fraction of sp³-hybridized carbons (Fsp3) is 0.263. The van der Waals surface area contributed by atoms with Gasteiger partial charge in [0.2, 0.25) is 5.91 Å². The largest absolute Gasteiger partial charge is 0.326 e. The van der Waals surface area contributed by atoms with Gasteiger partial charge in [-0.3, -0.25) is 9.59 Å². The number of carbonyl (C=O) groups excluding carboxylic acids is 2. The van der Waals surface area contributed by atoms with E-state index in [1.807, 2.05) is 0 Å². The van der Waals surface area contributed by atoms with Crippen LogP contribution in [-0.4, -0.2) is 24.8 Å². The van der Waals surface area contributed by atoms with Crippen molar-refractivity contribution in [3.8, 4) is 0 Å². The van der Waals surface area contributed by atoms with Gasteiger partial charge in [0.05, 0.1) is 0 Å². The van der Waals surface area contributed by atoms with Gasteiger partial charge in [0.25, 0.3) is 0 Å². The number of Topliss-reactive ketones (excluding diaryl/α,β-unsaturated/α-hetero) is 1. The minimum absolute atomic E-state index is 0.00164. The fourth-order valence-electron chi connectivity index (χ4n) is 2.22. The third-order valence-electron chi connectivity index (χ3n) is 3.61. The highest BCUT2D eigenvalue weighted by Crippen LogP contribution is 2.10. The SMILES string of the molecule is CC(=O)c1ccc(NC(=O)CCNCCc2ccc(F)cc2)cc1. The Morgan fingerprint density at radius 2 is 1.62 bits per heavy atom. The lowest BCUT2D eigenvalue weighted by molar-refractivity contribution is -0.116. The molecule has 0 fully saturated rings. The summed E-state index contributed by atoms with van der Waals surface area (Å²) in [4.78, 5) is 23.0. The lowest BCUT2D eigenvalue weighted by Crippen LogP contribution is -2.23. The second-order valence-electron chi connectivity index (χ2n) is 5.56. The molecule has 2 aromatic rings. The van der Waals surface area contributed by atoms with Gasteiger partial charge in [0, 0.05) is 24.2 Å². The molecule has 2 rings (SSSR count). The van der Waals surface area contributed by atoms with E-state index in [2.05, 4.69) is 10.6 Å². The van der Waals surface area contributed by atoms with Gasteiger partial charge >= 0.3 is 0 Å². The van der Waals surface area contributed by atoms with Crippen molar-refractivity contribution in [2.45, 2.75) is 19.8 Å². The Morgan fingerprint density at radius 3 is 2.25 bits per heavy atom. The summed E-state index contributed by atoms with van der Waals surface area (Å²) in [7, 11) is 0. The summed E-state index contributed by atoms with van der Waals surface area (Å²) in [6, 6.07) is 13.2. The molecular formula is C19H21FN2O2. The van der Waals surface area contributed by atoms with E-state index in [4.69, 9.17) is 0 Å². The maximum Gasteiger partial charge on any atom is 0.225 e. The molecule has 0 saturated carbocycles. The molecule has 5 heteroatoms. The Bertz CT molecular complexity index is 682. The van der Waals surface area contributed by atoms with E-state index < -0.39 is 0 Å². The molecule has 1 amide bonds. The third kappa shape index (κ3) is 5.93. The molecule has 24 heavy (non-hydrogen) atoms. The van der Waals surface area contributed by atoms with Crippen LogP contribution in [0.4, 0.5) is 10.1 Å². The Morgan fingerprint density at radius 1 is 0.958 bits per heavy atom. The van der Waals surface area contributed by atoms with E-state index in [1.165, 1.54) is 19.1 Å². The van der Waals surface area contributed by atoms with Crippen LogP contribution in [0.1, 0.15) is 29.3 Å². The number of ketones is 1. The molecular weight excluding hydrogens is 307 g/mol. The van der Waals surface area contributed by atoms with Gasteiger partial charge in [0.15, 0.2) is 5.78 Å². The minimum atomic E-state index is -0.236. The zero-order chi connectivity index (χ0) is 17.4. The average Bonchev–Trinajstić information content (AvgIpc) is 2.56. The van der Waals surface area contributed by atoms with Gasteiger partial charge in [-0.15, -0.1) is 0 Å². The standard InChI is InChI=1S/C19H21FN2O2/c1-14(23)16-4-8-18(9-5-16)22-19(24)11-13-21-12-10-15-2-6-17(20)7-3-15/h2-9,21H,10-13H2,1H3,(H,22,24). The maximum atomic E-state index is 12.8. The molecule has 2 aromatic carbocycles. The highest BCUT2D eigenvalue weighted by atomic mass is 19.1. The van der Waals surface area contributed by atoms with Crippen LogP contribution in [-0.2, 0) is 11.2 Å². The molecule has 126 valence electrons. The van der Waals surface area contributed by atoms with Crippen LogP contribution < -0.4 is 10.6 Å². The quantitative estimate of drug-likeness (QED) is 0.578.